The van der Waals surface area contributed by atoms with Crippen LogP contribution in [0.2, 0.25) is 10.0 Å². The van der Waals surface area contributed by atoms with E-state index >= 15 is 0 Å². The van der Waals surface area contributed by atoms with Crippen LogP contribution in [-0.4, -0.2) is 17.1 Å². The summed E-state index contributed by atoms with van der Waals surface area (Å²) >= 11 is 11.4. The number of hydrogen-bond donors (Lipinski definition) is 3. The molecule has 1 aromatic rings. The number of nitrogens with one attached hydrogen (secondary N) is 1. The van der Waals surface area contributed by atoms with E-state index < -0.39 is 0 Å². The van der Waals surface area contributed by atoms with Gasteiger partial charge >= 0.3 is 0 Å². The van der Waals surface area contributed by atoms with E-state index in [2.05, 4.69) is 5.32 Å². The maximum atomic E-state index is 11.4. The van der Waals surface area contributed by atoms with Gasteiger partial charge in [-0.05, 0) is 19.1 Å². The number of amides is 1. The Hall–Kier alpha value is -0.680. The Balaban J connectivity index is 0.00000256. The Morgan fingerprint density at radius 2 is 1.94 bits per heavy atom. The number of rotatable bonds is 3. The van der Waals surface area contributed by atoms with Crippen molar-refractivity contribution in [2.75, 3.05) is 5.32 Å². The van der Waals surface area contributed by atoms with Crippen molar-refractivity contribution in [1.29, 1.82) is 0 Å². The van der Waals surface area contributed by atoms with E-state index in [1.165, 1.54) is 12.1 Å². The van der Waals surface area contributed by atoms with Gasteiger partial charge in [-0.2, -0.15) is 0 Å². The van der Waals surface area contributed by atoms with Crippen LogP contribution in [0.1, 0.15) is 13.3 Å². The standard InChI is InChI=1S/C10H12Cl2N2O2.ClH/c1-5(13)2-9(15)14-6-3-7(11)10(16)8(12)4-6;/h3-5,16H,2,13H2,1H3,(H,14,15);1H. The molecular formula is C10H13Cl3N2O2. The fourth-order valence-corrected chi connectivity index (χ4v) is 1.63. The van der Waals surface area contributed by atoms with Crippen molar-refractivity contribution >= 4 is 47.2 Å². The number of halogens is 3. The Labute approximate surface area is 115 Å². The summed E-state index contributed by atoms with van der Waals surface area (Å²) in [6, 6.07) is 2.62. The molecule has 96 valence electrons. The highest BCUT2D eigenvalue weighted by Gasteiger charge is 2.10. The number of hydrogen-bond acceptors (Lipinski definition) is 3. The van der Waals surface area contributed by atoms with Crippen molar-refractivity contribution in [3.8, 4) is 5.75 Å². The lowest BCUT2D eigenvalue weighted by Gasteiger charge is -2.09. The first-order valence-corrected chi connectivity index (χ1v) is 5.39. The van der Waals surface area contributed by atoms with Crippen LogP contribution >= 0.6 is 35.6 Å². The van der Waals surface area contributed by atoms with E-state index in [9.17, 15) is 9.90 Å². The van der Waals surface area contributed by atoms with Crippen molar-refractivity contribution in [2.45, 2.75) is 19.4 Å². The Kier molecular flexibility index (Phi) is 6.64. The lowest BCUT2D eigenvalue weighted by atomic mass is 10.2. The molecule has 1 unspecified atom stereocenters. The molecule has 0 bridgehead atoms. The molecule has 4 N–H and O–H groups in total. The smallest absolute Gasteiger partial charge is 0.225 e. The van der Waals surface area contributed by atoms with Crippen molar-refractivity contribution < 1.29 is 9.90 Å². The number of phenolic OH excluding ortho intramolecular Hbond substituents is 1. The molecule has 7 heteroatoms. The molecule has 0 aromatic heterocycles. The van der Waals surface area contributed by atoms with Gasteiger partial charge in [0.1, 0.15) is 0 Å². The number of aromatic hydroxyl groups is 1. The summed E-state index contributed by atoms with van der Waals surface area (Å²) in [6.45, 7) is 1.73. The minimum Gasteiger partial charge on any atom is -0.505 e. The van der Waals surface area contributed by atoms with Crippen molar-refractivity contribution in [3.63, 3.8) is 0 Å². The first kappa shape index (κ1) is 16.3. The molecule has 0 aliphatic carbocycles. The number of benzene rings is 1. The summed E-state index contributed by atoms with van der Waals surface area (Å²) in [6.07, 6.45) is 0.204. The second-order valence-electron chi connectivity index (χ2n) is 3.52. The highest BCUT2D eigenvalue weighted by Crippen LogP contribution is 2.34. The Morgan fingerprint density at radius 1 is 1.47 bits per heavy atom. The van der Waals surface area contributed by atoms with Crippen LogP contribution in [-0.2, 0) is 4.79 Å². The van der Waals surface area contributed by atoms with Gasteiger partial charge in [0.2, 0.25) is 5.91 Å². The molecule has 0 aliphatic rings. The lowest BCUT2D eigenvalue weighted by molar-refractivity contribution is -0.116. The molecule has 0 saturated heterocycles. The van der Waals surface area contributed by atoms with Gasteiger partial charge in [-0.3, -0.25) is 4.79 Å². The molecule has 0 radical (unpaired) electrons. The van der Waals surface area contributed by atoms with E-state index in [0.717, 1.165) is 0 Å². The second-order valence-corrected chi connectivity index (χ2v) is 4.33. The molecule has 1 atom stereocenters. The zero-order valence-corrected chi connectivity index (χ0v) is 11.4. The van der Waals surface area contributed by atoms with Crippen molar-refractivity contribution in [2.24, 2.45) is 5.73 Å². The van der Waals surface area contributed by atoms with Crippen LogP contribution in [0.25, 0.3) is 0 Å². The van der Waals surface area contributed by atoms with Gasteiger partial charge < -0.3 is 16.2 Å². The van der Waals surface area contributed by atoms with Crippen LogP contribution in [0.5, 0.6) is 5.75 Å². The zero-order chi connectivity index (χ0) is 12.3. The molecule has 0 aliphatic heterocycles. The first-order valence-electron chi connectivity index (χ1n) is 4.63. The van der Waals surface area contributed by atoms with E-state index in [1.807, 2.05) is 0 Å². The molecule has 0 saturated carbocycles. The molecule has 1 amide bonds. The highest BCUT2D eigenvalue weighted by atomic mass is 35.5. The van der Waals surface area contributed by atoms with Crippen LogP contribution in [0.15, 0.2) is 12.1 Å². The van der Waals surface area contributed by atoms with E-state index in [4.69, 9.17) is 28.9 Å². The molecular weight excluding hydrogens is 286 g/mol. The highest BCUT2D eigenvalue weighted by molar-refractivity contribution is 6.37. The predicted molar refractivity (Wildman–Crippen MR) is 72.3 cm³/mol. The SMILES string of the molecule is CC(N)CC(=O)Nc1cc(Cl)c(O)c(Cl)c1.Cl. The van der Waals surface area contributed by atoms with Gasteiger partial charge in [-0.15, -0.1) is 12.4 Å². The van der Waals surface area contributed by atoms with Crippen molar-refractivity contribution in [1.82, 2.24) is 0 Å². The normalized spacial score (nSPS) is 11.5. The zero-order valence-electron chi connectivity index (χ0n) is 9.04. The third-order valence-corrected chi connectivity index (χ3v) is 2.38. The molecule has 4 nitrogen and oxygen atoms in total. The summed E-state index contributed by atoms with van der Waals surface area (Å²) in [5.41, 5.74) is 5.91. The topological polar surface area (TPSA) is 75.4 Å². The quantitative estimate of drug-likeness (QED) is 0.751. The maximum absolute atomic E-state index is 11.4. The number of carbonyl (C=O) groups excluding carboxylic acids is 1. The third kappa shape index (κ3) is 5.00. The van der Waals surface area contributed by atoms with Crippen LogP contribution in [0.4, 0.5) is 5.69 Å². The molecule has 0 fully saturated rings. The van der Waals surface area contributed by atoms with Gasteiger partial charge in [0, 0.05) is 18.2 Å². The van der Waals surface area contributed by atoms with Crippen LogP contribution in [0, 0.1) is 0 Å². The van der Waals surface area contributed by atoms with E-state index in [0.29, 0.717) is 5.69 Å². The average Bonchev–Trinajstić information content (AvgIpc) is 2.12. The second kappa shape index (κ2) is 6.91. The van der Waals surface area contributed by atoms with E-state index in [1.54, 1.807) is 6.92 Å². The third-order valence-electron chi connectivity index (χ3n) is 1.81. The minimum atomic E-state index is -0.229. The summed E-state index contributed by atoms with van der Waals surface area (Å²) in [5, 5.41) is 12.1. The van der Waals surface area contributed by atoms with Gasteiger partial charge in [0.15, 0.2) is 5.75 Å². The van der Waals surface area contributed by atoms with Gasteiger partial charge in [0.05, 0.1) is 10.0 Å². The van der Waals surface area contributed by atoms with Crippen LogP contribution in [0.3, 0.4) is 0 Å². The number of phenols is 1. The summed E-state index contributed by atoms with van der Waals surface area (Å²) < 4.78 is 0. The van der Waals surface area contributed by atoms with Crippen molar-refractivity contribution in [3.05, 3.63) is 22.2 Å². The number of nitrogens with two attached hydrogens (primary N) is 1. The van der Waals surface area contributed by atoms with Gasteiger partial charge in [-0.25, -0.2) is 0 Å². The molecule has 17 heavy (non-hydrogen) atoms. The van der Waals surface area contributed by atoms with Crippen LogP contribution < -0.4 is 11.1 Å². The van der Waals surface area contributed by atoms with E-state index in [-0.39, 0.29) is 46.6 Å². The molecule has 0 heterocycles. The fraction of sp³-hybridized carbons (Fsp3) is 0.300. The molecule has 1 rings (SSSR count). The summed E-state index contributed by atoms with van der Waals surface area (Å²) in [7, 11) is 0. The first-order chi connectivity index (χ1) is 7.40. The molecule has 0 spiro atoms. The predicted octanol–water partition coefficient (Wildman–Crippen LogP) is 2.80. The largest absolute Gasteiger partial charge is 0.505 e. The Morgan fingerprint density at radius 3 is 2.35 bits per heavy atom. The monoisotopic (exact) mass is 298 g/mol. The fourth-order valence-electron chi connectivity index (χ4n) is 1.14. The average molecular weight is 300 g/mol. The summed E-state index contributed by atoms with van der Waals surface area (Å²) in [4.78, 5) is 11.4. The van der Waals surface area contributed by atoms with Gasteiger partial charge in [-0.1, -0.05) is 23.2 Å². The summed E-state index contributed by atoms with van der Waals surface area (Å²) in [5.74, 6) is -0.429. The minimum absolute atomic E-state index is 0. The lowest BCUT2D eigenvalue weighted by Crippen LogP contribution is -2.23. The number of anilines is 1. The Bertz CT molecular complexity index is 388. The van der Waals surface area contributed by atoms with Gasteiger partial charge in [0.25, 0.3) is 0 Å². The number of carbonyl (C=O) groups is 1. The maximum Gasteiger partial charge on any atom is 0.225 e. The molecule has 1 aromatic carbocycles.